The smallest absolute Gasteiger partial charge is 0.358 e. The van der Waals surface area contributed by atoms with Crippen LogP contribution in [-0.2, 0) is 17.8 Å². The van der Waals surface area contributed by atoms with Crippen LogP contribution in [0.25, 0.3) is 0 Å². The summed E-state index contributed by atoms with van der Waals surface area (Å²) in [6, 6.07) is 5.57. The van der Waals surface area contributed by atoms with Crippen LogP contribution in [0.4, 0.5) is 10.2 Å². The van der Waals surface area contributed by atoms with Crippen LogP contribution in [0.1, 0.15) is 27.8 Å². The summed E-state index contributed by atoms with van der Waals surface area (Å²) in [5.74, 6) is -2.06. The van der Waals surface area contributed by atoms with Crippen LogP contribution < -0.4 is 10.6 Å². The van der Waals surface area contributed by atoms with Crippen molar-refractivity contribution in [2.24, 2.45) is 0 Å². The molecule has 0 fully saturated rings. The number of carbonyl (C=O) groups excluding carboxylic acids is 2. The maximum atomic E-state index is 12.9. The summed E-state index contributed by atoms with van der Waals surface area (Å²) in [5.41, 5.74) is 0.996. The number of carbonyl (C=O) groups is 2. The third-order valence-corrected chi connectivity index (χ3v) is 4.70. The normalized spacial score (nSPS) is 10.7. The molecular formula is C18H17ClFN7O5. The van der Waals surface area contributed by atoms with Gasteiger partial charge in [-0.1, -0.05) is 28.9 Å². The van der Waals surface area contributed by atoms with E-state index in [9.17, 15) is 24.1 Å². The highest BCUT2D eigenvalue weighted by molar-refractivity contribution is 6.33. The van der Waals surface area contributed by atoms with Gasteiger partial charge in [-0.05, 0) is 29.5 Å². The van der Waals surface area contributed by atoms with Crippen LogP contribution in [0.2, 0.25) is 5.02 Å². The topological polar surface area (TPSA) is 158 Å². The third kappa shape index (κ3) is 5.63. The van der Waals surface area contributed by atoms with Gasteiger partial charge in [-0.15, -0.1) is 0 Å². The molecule has 2 heterocycles. The quantitative estimate of drug-likeness (QED) is 0.272. The van der Waals surface area contributed by atoms with Crippen LogP contribution in [0.5, 0.6) is 0 Å². The Labute approximate surface area is 184 Å². The van der Waals surface area contributed by atoms with Crippen molar-refractivity contribution < 1.29 is 23.4 Å². The van der Waals surface area contributed by atoms with Crippen LogP contribution in [0, 0.1) is 22.9 Å². The number of nitro groups is 1. The number of aromatic nitrogens is 4. The predicted octanol–water partition coefficient (Wildman–Crippen LogP) is 1.41. The molecule has 0 aliphatic carbocycles. The summed E-state index contributed by atoms with van der Waals surface area (Å²) >= 11 is 5.88. The Morgan fingerprint density at radius 3 is 2.59 bits per heavy atom. The molecule has 14 heteroatoms. The number of amides is 2. The van der Waals surface area contributed by atoms with Gasteiger partial charge in [0.1, 0.15) is 12.4 Å². The minimum Gasteiger partial charge on any atom is -0.358 e. The first-order valence-corrected chi connectivity index (χ1v) is 9.61. The molecule has 12 nitrogen and oxygen atoms in total. The van der Waals surface area contributed by atoms with Gasteiger partial charge in [0.25, 0.3) is 0 Å². The van der Waals surface area contributed by atoms with Crippen molar-refractivity contribution in [1.29, 1.82) is 0 Å². The lowest BCUT2D eigenvalue weighted by atomic mass is 10.1. The summed E-state index contributed by atoms with van der Waals surface area (Å²) in [6.07, 6.45) is 0.0796. The van der Waals surface area contributed by atoms with Crippen LogP contribution in [0.15, 0.2) is 28.8 Å². The molecule has 0 spiro atoms. The molecule has 0 atom stereocenters. The van der Waals surface area contributed by atoms with Gasteiger partial charge in [0.05, 0.1) is 17.2 Å². The number of hydrogen-bond donors (Lipinski definition) is 2. The highest BCUT2D eigenvalue weighted by Crippen LogP contribution is 2.26. The lowest BCUT2D eigenvalue weighted by molar-refractivity contribution is -0.389. The fourth-order valence-electron chi connectivity index (χ4n) is 2.63. The summed E-state index contributed by atoms with van der Waals surface area (Å²) in [5, 5.41) is 23.4. The van der Waals surface area contributed by atoms with Crippen LogP contribution >= 0.6 is 11.6 Å². The van der Waals surface area contributed by atoms with Gasteiger partial charge < -0.3 is 25.3 Å². The molecule has 1 aromatic carbocycles. The standard InChI is InChI=1S/C18H17ClFN7O5/c1-10-15(19)16(27(30)31)24-26(10)9-13-23-18(32-25-13)17(29)22-7-6-21-14(28)8-11-2-4-12(20)5-3-11/h2-5H,6-9H2,1H3,(H,21,28)(H,22,29). The Morgan fingerprint density at radius 2 is 1.94 bits per heavy atom. The fraction of sp³-hybridized carbons (Fsp3) is 0.278. The summed E-state index contributed by atoms with van der Waals surface area (Å²) < 4.78 is 19.0. The summed E-state index contributed by atoms with van der Waals surface area (Å²) in [4.78, 5) is 38.1. The van der Waals surface area contributed by atoms with Gasteiger partial charge >= 0.3 is 17.6 Å². The number of benzene rings is 1. The van der Waals surface area contributed by atoms with E-state index in [0.29, 0.717) is 11.3 Å². The molecule has 2 amide bonds. The maximum absolute atomic E-state index is 12.9. The van der Waals surface area contributed by atoms with Gasteiger partial charge in [-0.25, -0.2) is 4.39 Å². The monoisotopic (exact) mass is 465 g/mol. The van der Waals surface area contributed by atoms with E-state index < -0.39 is 16.6 Å². The minimum atomic E-state index is -0.709. The zero-order chi connectivity index (χ0) is 23.3. The Kier molecular flexibility index (Phi) is 7.10. The second-order valence-electron chi connectivity index (χ2n) is 6.56. The van der Waals surface area contributed by atoms with E-state index in [-0.39, 0.29) is 54.5 Å². The van der Waals surface area contributed by atoms with Gasteiger partial charge in [0, 0.05) is 13.1 Å². The molecule has 3 aromatic rings. The molecule has 168 valence electrons. The zero-order valence-electron chi connectivity index (χ0n) is 16.7. The Hall–Kier alpha value is -3.87. The third-order valence-electron chi connectivity index (χ3n) is 4.25. The highest BCUT2D eigenvalue weighted by atomic mass is 35.5. The largest absolute Gasteiger partial charge is 0.408 e. The zero-order valence-corrected chi connectivity index (χ0v) is 17.4. The molecular weight excluding hydrogens is 449 g/mol. The lowest BCUT2D eigenvalue weighted by Crippen LogP contribution is -2.35. The molecule has 0 aliphatic heterocycles. The number of nitrogens with one attached hydrogen (secondary N) is 2. The van der Waals surface area contributed by atoms with Crippen molar-refractivity contribution in [3.05, 3.63) is 68.2 Å². The molecule has 0 saturated heterocycles. The van der Waals surface area contributed by atoms with Crippen molar-refractivity contribution in [3.63, 3.8) is 0 Å². The van der Waals surface area contributed by atoms with E-state index in [4.69, 9.17) is 16.1 Å². The molecule has 0 bridgehead atoms. The minimum absolute atomic E-state index is 0.0694. The van der Waals surface area contributed by atoms with Gasteiger partial charge in [0.2, 0.25) is 5.91 Å². The molecule has 2 N–H and O–H groups in total. The average Bonchev–Trinajstić information content (AvgIpc) is 3.33. The molecule has 0 saturated carbocycles. The van der Waals surface area contributed by atoms with Crippen LogP contribution in [0.3, 0.4) is 0 Å². The van der Waals surface area contributed by atoms with Crippen molar-refractivity contribution >= 4 is 29.2 Å². The van der Waals surface area contributed by atoms with Gasteiger partial charge in [-0.2, -0.15) is 9.67 Å². The van der Waals surface area contributed by atoms with E-state index in [1.165, 1.54) is 28.9 Å². The van der Waals surface area contributed by atoms with Crippen molar-refractivity contribution in [2.75, 3.05) is 13.1 Å². The fourth-order valence-corrected chi connectivity index (χ4v) is 2.83. The molecule has 0 radical (unpaired) electrons. The Bertz CT molecular complexity index is 1150. The molecule has 2 aromatic heterocycles. The van der Waals surface area contributed by atoms with Crippen LogP contribution in [-0.4, -0.2) is 49.7 Å². The number of halogens is 2. The average molecular weight is 466 g/mol. The Morgan fingerprint density at radius 1 is 1.25 bits per heavy atom. The first kappa shape index (κ1) is 22.8. The summed E-state index contributed by atoms with van der Waals surface area (Å²) in [6.45, 7) is 1.71. The number of rotatable bonds is 9. The highest BCUT2D eigenvalue weighted by Gasteiger charge is 2.25. The van der Waals surface area contributed by atoms with E-state index in [2.05, 4.69) is 25.9 Å². The second-order valence-corrected chi connectivity index (χ2v) is 6.94. The maximum Gasteiger partial charge on any atom is 0.408 e. The summed E-state index contributed by atoms with van der Waals surface area (Å²) in [7, 11) is 0. The molecule has 32 heavy (non-hydrogen) atoms. The molecule has 3 rings (SSSR count). The second kappa shape index (κ2) is 9.96. The van der Waals surface area contributed by atoms with Gasteiger partial charge in [-0.3, -0.25) is 9.59 Å². The SMILES string of the molecule is Cc1c(Cl)c([N+](=O)[O-])nn1Cc1noc(C(=O)NCCNC(=O)Cc2ccc(F)cc2)n1. The van der Waals surface area contributed by atoms with Crippen molar-refractivity contribution in [1.82, 2.24) is 30.6 Å². The van der Waals surface area contributed by atoms with E-state index in [1.807, 2.05) is 0 Å². The predicted molar refractivity (Wildman–Crippen MR) is 107 cm³/mol. The first-order valence-electron chi connectivity index (χ1n) is 9.24. The lowest BCUT2D eigenvalue weighted by Gasteiger charge is -2.06. The van der Waals surface area contributed by atoms with Crippen molar-refractivity contribution in [3.8, 4) is 0 Å². The van der Waals surface area contributed by atoms with Crippen molar-refractivity contribution in [2.45, 2.75) is 19.9 Å². The van der Waals surface area contributed by atoms with E-state index in [1.54, 1.807) is 6.92 Å². The first-order chi connectivity index (χ1) is 15.2. The van der Waals surface area contributed by atoms with Gasteiger partial charge in [0.15, 0.2) is 10.8 Å². The Balaban J connectivity index is 1.46. The van der Waals surface area contributed by atoms with E-state index in [0.717, 1.165) is 0 Å². The number of nitrogens with zero attached hydrogens (tertiary/aromatic N) is 5. The number of hydrogen-bond acceptors (Lipinski definition) is 8. The van der Waals surface area contributed by atoms with E-state index >= 15 is 0 Å². The molecule has 0 unspecified atom stereocenters. The molecule has 0 aliphatic rings.